The van der Waals surface area contributed by atoms with Gasteiger partial charge in [-0.25, -0.2) is 10.2 Å². The smallest absolute Gasteiger partial charge is 0.339 e. The lowest BCUT2D eigenvalue weighted by molar-refractivity contribution is -0.385. The number of hydrogen-bond donors (Lipinski definition) is 2. The van der Waals surface area contributed by atoms with Gasteiger partial charge in [-0.1, -0.05) is 18.2 Å². The fourth-order valence-corrected chi connectivity index (χ4v) is 1.99. The summed E-state index contributed by atoms with van der Waals surface area (Å²) in [6.07, 6.45) is 1.16. The first-order chi connectivity index (χ1) is 12.0. The van der Waals surface area contributed by atoms with E-state index in [0.29, 0.717) is 11.4 Å². The van der Waals surface area contributed by atoms with E-state index in [1.54, 1.807) is 24.3 Å². The number of ether oxygens (including phenoxy) is 2. The minimum atomic E-state index is -0.578. The molecule has 0 aliphatic rings. The van der Waals surface area contributed by atoms with Crippen molar-refractivity contribution in [2.24, 2.45) is 5.10 Å². The summed E-state index contributed by atoms with van der Waals surface area (Å²) in [7, 11) is 2.79. The number of urea groups is 1. The molecular formula is C16H16N4O5. The second kappa shape index (κ2) is 8.29. The van der Waals surface area contributed by atoms with Crippen LogP contribution in [0.4, 0.5) is 16.2 Å². The summed E-state index contributed by atoms with van der Waals surface area (Å²) in [6, 6.07) is 10.8. The van der Waals surface area contributed by atoms with Crippen LogP contribution >= 0.6 is 0 Å². The molecule has 2 aromatic carbocycles. The van der Waals surface area contributed by atoms with Gasteiger partial charge < -0.3 is 14.8 Å². The Bertz CT molecular complexity index is 793. The number of nitrogens with zero attached hydrogens (tertiary/aromatic N) is 2. The summed E-state index contributed by atoms with van der Waals surface area (Å²) in [5.41, 5.74) is 2.75. The van der Waals surface area contributed by atoms with Crippen LogP contribution in [0.1, 0.15) is 5.56 Å². The molecule has 0 saturated heterocycles. The van der Waals surface area contributed by atoms with Crippen LogP contribution in [-0.2, 0) is 0 Å². The molecular weight excluding hydrogens is 328 g/mol. The lowest BCUT2D eigenvalue weighted by Crippen LogP contribution is -2.24. The number of anilines is 1. The topological polar surface area (TPSA) is 115 Å². The number of methoxy groups -OCH3 is 2. The van der Waals surface area contributed by atoms with Crippen LogP contribution < -0.4 is 20.2 Å². The summed E-state index contributed by atoms with van der Waals surface area (Å²) >= 11 is 0. The van der Waals surface area contributed by atoms with Crippen LogP contribution in [0.25, 0.3) is 0 Å². The van der Waals surface area contributed by atoms with Crippen LogP contribution in [0.5, 0.6) is 11.5 Å². The normalized spacial score (nSPS) is 10.3. The quantitative estimate of drug-likeness (QED) is 0.475. The molecule has 0 heterocycles. The zero-order valence-corrected chi connectivity index (χ0v) is 13.6. The first-order valence-electron chi connectivity index (χ1n) is 7.10. The van der Waals surface area contributed by atoms with Gasteiger partial charge in [0.2, 0.25) is 0 Å². The van der Waals surface area contributed by atoms with Crippen molar-refractivity contribution in [2.45, 2.75) is 0 Å². The predicted molar refractivity (Wildman–Crippen MR) is 92.4 cm³/mol. The highest BCUT2D eigenvalue weighted by Crippen LogP contribution is 2.33. The van der Waals surface area contributed by atoms with Gasteiger partial charge in [-0.2, -0.15) is 5.10 Å². The minimum absolute atomic E-state index is 0.155. The zero-order valence-electron chi connectivity index (χ0n) is 13.6. The number of para-hydroxylation sites is 1. The lowest BCUT2D eigenvalue weighted by atomic mass is 10.1. The molecule has 0 aliphatic heterocycles. The van der Waals surface area contributed by atoms with E-state index >= 15 is 0 Å². The van der Waals surface area contributed by atoms with Crippen molar-refractivity contribution >= 4 is 23.6 Å². The molecule has 0 saturated carbocycles. The van der Waals surface area contributed by atoms with Gasteiger partial charge >= 0.3 is 6.03 Å². The number of benzene rings is 2. The first kappa shape index (κ1) is 17.7. The first-order valence-corrected chi connectivity index (χ1v) is 7.10. The Morgan fingerprint density at radius 3 is 2.40 bits per heavy atom. The number of rotatable bonds is 6. The van der Waals surface area contributed by atoms with E-state index in [0.717, 1.165) is 6.21 Å². The molecule has 0 spiro atoms. The van der Waals surface area contributed by atoms with Gasteiger partial charge in [0, 0.05) is 5.69 Å². The van der Waals surface area contributed by atoms with E-state index in [1.165, 1.54) is 26.4 Å². The van der Waals surface area contributed by atoms with E-state index < -0.39 is 11.0 Å². The lowest BCUT2D eigenvalue weighted by Gasteiger charge is -2.08. The monoisotopic (exact) mass is 344 g/mol. The molecule has 9 nitrogen and oxygen atoms in total. The van der Waals surface area contributed by atoms with E-state index in [2.05, 4.69) is 15.8 Å². The summed E-state index contributed by atoms with van der Waals surface area (Å²) in [4.78, 5) is 22.3. The molecule has 0 fully saturated rings. The van der Waals surface area contributed by atoms with Gasteiger partial charge in [-0.3, -0.25) is 10.1 Å². The van der Waals surface area contributed by atoms with Crippen LogP contribution in [-0.4, -0.2) is 31.4 Å². The minimum Gasteiger partial charge on any atom is -0.493 e. The summed E-state index contributed by atoms with van der Waals surface area (Å²) in [6.45, 7) is 0. The van der Waals surface area contributed by atoms with Crippen LogP contribution in [0.2, 0.25) is 0 Å². The number of hydrazone groups is 1. The van der Waals surface area contributed by atoms with Gasteiger partial charge in [0.05, 0.1) is 37.0 Å². The van der Waals surface area contributed by atoms with E-state index in [1.807, 2.05) is 6.07 Å². The molecule has 130 valence electrons. The van der Waals surface area contributed by atoms with Crippen LogP contribution in [0, 0.1) is 10.1 Å². The van der Waals surface area contributed by atoms with Gasteiger partial charge in [0.25, 0.3) is 5.69 Å². The standard InChI is InChI=1S/C16H16N4O5/c1-24-14-8-11(13(20(22)23)9-15(14)25-2)10-17-19-16(21)18-12-6-4-3-5-7-12/h3-10H,1-2H3,(H2,18,19,21). The molecule has 25 heavy (non-hydrogen) atoms. The highest BCUT2D eigenvalue weighted by atomic mass is 16.6. The largest absolute Gasteiger partial charge is 0.493 e. The number of carbonyl (C=O) groups is 1. The highest BCUT2D eigenvalue weighted by molar-refractivity contribution is 5.91. The Hall–Kier alpha value is -3.62. The average Bonchev–Trinajstić information content (AvgIpc) is 2.61. The second-order valence-electron chi connectivity index (χ2n) is 4.71. The molecule has 9 heteroatoms. The van der Waals surface area contributed by atoms with Crippen molar-refractivity contribution < 1.29 is 19.2 Å². The molecule has 0 aromatic heterocycles. The third kappa shape index (κ3) is 4.67. The maximum atomic E-state index is 11.7. The average molecular weight is 344 g/mol. The third-order valence-corrected chi connectivity index (χ3v) is 3.13. The van der Waals surface area contributed by atoms with Gasteiger partial charge in [0.1, 0.15) is 0 Å². The fraction of sp³-hybridized carbons (Fsp3) is 0.125. The summed E-state index contributed by atoms with van der Waals surface area (Å²) in [5, 5.41) is 17.5. The highest BCUT2D eigenvalue weighted by Gasteiger charge is 2.18. The maximum Gasteiger partial charge on any atom is 0.339 e. The third-order valence-electron chi connectivity index (χ3n) is 3.13. The Morgan fingerprint density at radius 2 is 1.80 bits per heavy atom. The molecule has 2 N–H and O–H groups in total. The number of nitrogens with one attached hydrogen (secondary N) is 2. The molecule has 2 aromatic rings. The van der Waals surface area contributed by atoms with Crippen molar-refractivity contribution in [3.63, 3.8) is 0 Å². The zero-order chi connectivity index (χ0) is 18.2. The summed E-state index contributed by atoms with van der Waals surface area (Å²) < 4.78 is 10.1. The van der Waals surface area contributed by atoms with Crippen molar-refractivity contribution in [2.75, 3.05) is 19.5 Å². The fourth-order valence-electron chi connectivity index (χ4n) is 1.99. The number of amides is 2. The molecule has 0 aliphatic carbocycles. The Kier molecular flexibility index (Phi) is 5.88. The number of carbonyl (C=O) groups excluding carboxylic acids is 1. The van der Waals surface area contributed by atoms with Crippen molar-refractivity contribution in [1.29, 1.82) is 0 Å². The number of nitro groups is 1. The number of hydrogen-bond acceptors (Lipinski definition) is 6. The van der Waals surface area contributed by atoms with E-state index in [9.17, 15) is 14.9 Å². The SMILES string of the molecule is COc1cc(C=NNC(=O)Nc2ccccc2)c([N+](=O)[O-])cc1OC. The predicted octanol–water partition coefficient (Wildman–Crippen LogP) is 2.77. The van der Waals surface area contributed by atoms with E-state index in [4.69, 9.17) is 9.47 Å². The van der Waals surface area contributed by atoms with Crippen molar-refractivity contribution in [1.82, 2.24) is 5.43 Å². The molecule has 2 amide bonds. The van der Waals surface area contributed by atoms with Crippen molar-refractivity contribution in [3.05, 3.63) is 58.1 Å². The summed E-state index contributed by atoms with van der Waals surface area (Å²) in [5.74, 6) is 0.532. The molecule has 0 radical (unpaired) electrons. The van der Waals surface area contributed by atoms with Gasteiger partial charge in [-0.15, -0.1) is 0 Å². The Labute approximate surface area is 143 Å². The van der Waals surface area contributed by atoms with Crippen LogP contribution in [0.3, 0.4) is 0 Å². The van der Waals surface area contributed by atoms with Gasteiger partial charge in [-0.05, 0) is 18.2 Å². The van der Waals surface area contributed by atoms with Crippen LogP contribution in [0.15, 0.2) is 47.6 Å². The number of nitro benzene ring substituents is 1. The Balaban J connectivity index is 2.14. The van der Waals surface area contributed by atoms with E-state index in [-0.39, 0.29) is 17.0 Å². The molecule has 0 unspecified atom stereocenters. The maximum absolute atomic E-state index is 11.7. The Morgan fingerprint density at radius 1 is 1.16 bits per heavy atom. The molecule has 2 rings (SSSR count). The van der Waals surface area contributed by atoms with Gasteiger partial charge in [0.15, 0.2) is 11.5 Å². The van der Waals surface area contributed by atoms with Crippen molar-refractivity contribution in [3.8, 4) is 11.5 Å². The second-order valence-corrected chi connectivity index (χ2v) is 4.71. The molecule has 0 atom stereocenters. The molecule has 0 bridgehead atoms.